The van der Waals surface area contributed by atoms with E-state index in [9.17, 15) is 4.79 Å². The SMILES string of the molecule is C=C(CN(C)C)Nc1nnc(CCCCc2nnc(NC(=O)C/C(=C/C)CC)s2)s1. The summed E-state index contributed by atoms with van der Waals surface area (Å²) in [4.78, 5) is 14.1. The van der Waals surface area contributed by atoms with Gasteiger partial charge in [-0.05, 0) is 40.3 Å². The Morgan fingerprint density at radius 2 is 1.60 bits per heavy atom. The zero-order chi connectivity index (χ0) is 21.9. The molecule has 2 aromatic heterocycles. The molecule has 30 heavy (non-hydrogen) atoms. The molecule has 2 heterocycles. The van der Waals surface area contributed by atoms with Crippen LogP contribution in [0.15, 0.2) is 23.9 Å². The zero-order valence-corrected chi connectivity index (χ0v) is 19.8. The number of likely N-dealkylation sites (N-methyl/N-ethyl adjacent to an activating group) is 1. The Bertz CT molecular complexity index is 857. The number of aryl methyl sites for hydroxylation is 2. The molecule has 8 nitrogen and oxygen atoms in total. The Morgan fingerprint density at radius 1 is 1.03 bits per heavy atom. The Hall–Kier alpha value is -2.17. The quantitative estimate of drug-likeness (QED) is 0.351. The zero-order valence-electron chi connectivity index (χ0n) is 18.2. The van der Waals surface area contributed by atoms with Crippen molar-refractivity contribution >= 4 is 38.8 Å². The number of hydrogen-bond acceptors (Lipinski definition) is 9. The van der Waals surface area contributed by atoms with Crippen LogP contribution in [0.1, 0.15) is 49.5 Å². The lowest BCUT2D eigenvalue weighted by atomic mass is 10.1. The Kier molecular flexibility index (Phi) is 10.0. The molecule has 0 aliphatic rings. The van der Waals surface area contributed by atoms with Crippen LogP contribution in [-0.2, 0) is 17.6 Å². The number of amides is 1. The molecule has 2 rings (SSSR count). The van der Waals surface area contributed by atoms with Gasteiger partial charge in [0.2, 0.25) is 16.2 Å². The molecule has 0 atom stereocenters. The van der Waals surface area contributed by atoms with Crippen molar-refractivity contribution < 1.29 is 4.79 Å². The van der Waals surface area contributed by atoms with E-state index in [-0.39, 0.29) is 5.91 Å². The highest BCUT2D eigenvalue weighted by Gasteiger charge is 2.10. The number of nitrogens with zero attached hydrogens (tertiary/aromatic N) is 5. The predicted molar refractivity (Wildman–Crippen MR) is 125 cm³/mol. The lowest BCUT2D eigenvalue weighted by molar-refractivity contribution is -0.115. The lowest BCUT2D eigenvalue weighted by Gasteiger charge is -2.11. The number of rotatable bonds is 13. The van der Waals surface area contributed by atoms with Crippen molar-refractivity contribution in [2.45, 2.75) is 52.4 Å². The molecule has 0 spiro atoms. The molecule has 0 aliphatic heterocycles. The van der Waals surface area contributed by atoms with Crippen molar-refractivity contribution in [1.29, 1.82) is 0 Å². The molecule has 164 valence electrons. The van der Waals surface area contributed by atoms with Crippen molar-refractivity contribution in [1.82, 2.24) is 25.3 Å². The largest absolute Gasteiger partial charge is 0.333 e. The van der Waals surface area contributed by atoms with Gasteiger partial charge in [0.1, 0.15) is 10.0 Å². The third kappa shape index (κ3) is 8.68. The maximum Gasteiger partial charge on any atom is 0.230 e. The second-order valence-corrected chi connectivity index (χ2v) is 9.32. The van der Waals surface area contributed by atoms with Crippen LogP contribution in [0, 0.1) is 0 Å². The minimum absolute atomic E-state index is 0.0402. The molecule has 0 saturated carbocycles. The van der Waals surface area contributed by atoms with E-state index in [1.807, 2.05) is 38.9 Å². The minimum Gasteiger partial charge on any atom is -0.333 e. The number of hydrogen-bond donors (Lipinski definition) is 2. The fourth-order valence-electron chi connectivity index (χ4n) is 2.74. The van der Waals surface area contributed by atoms with Gasteiger partial charge in [0, 0.05) is 31.5 Å². The van der Waals surface area contributed by atoms with E-state index in [4.69, 9.17) is 0 Å². The fraction of sp³-hybridized carbons (Fsp3) is 0.550. The van der Waals surface area contributed by atoms with Gasteiger partial charge < -0.3 is 15.5 Å². The van der Waals surface area contributed by atoms with E-state index in [2.05, 4.69) is 37.6 Å². The summed E-state index contributed by atoms with van der Waals surface area (Å²) in [5.74, 6) is -0.0402. The van der Waals surface area contributed by atoms with Crippen LogP contribution in [0.3, 0.4) is 0 Å². The standard InChI is InChI=1S/C20H31N7OS2/c1-6-15(7-2)12-16(28)22-20-26-24-18(30-20)11-9-8-10-17-23-25-19(29-17)21-14(3)13-27(4)5/h6H,3,7-13H2,1-2,4-5H3,(H,21,25)(H,22,26,28)/b15-6+. The maximum atomic E-state index is 12.1. The predicted octanol–water partition coefficient (Wildman–Crippen LogP) is 4.13. The van der Waals surface area contributed by atoms with Crippen LogP contribution >= 0.6 is 22.7 Å². The number of unbranched alkanes of at least 4 members (excludes halogenated alkanes) is 1. The Labute approximate surface area is 186 Å². The van der Waals surface area contributed by atoms with Gasteiger partial charge in [0.25, 0.3) is 0 Å². The monoisotopic (exact) mass is 449 g/mol. The summed E-state index contributed by atoms with van der Waals surface area (Å²) in [6, 6.07) is 0. The van der Waals surface area contributed by atoms with Crippen LogP contribution in [0.2, 0.25) is 0 Å². The van der Waals surface area contributed by atoms with Crippen LogP contribution in [0.4, 0.5) is 10.3 Å². The molecular formula is C20H31N7OS2. The van der Waals surface area contributed by atoms with Gasteiger partial charge in [-0.3, -0.25) is 4.79 Å². The smallest absolute Gasteiger partial charge is 0.230 e. The first-order valence-electron chi connectivity index (χ1n) is 10.1. The van der Waals surface area contributed by atoms with E-state index < -0.39 is 0 Å². The molecule has 2 N–H and O–H groups in total. The summed E-state index contributed by atoms with van der Waals surface area (Å²) in [5.41, 5.74) is 2.02. The van der Waals surface area contributed by atoms with Crippen LogP contribution in [0.5, 0.6) is 0 Å². The average molecular weight is 450 g/mol. The molecule has 0 aliphatic carbocycles. The number of nitrogens with one attached hydrogen (secondary N) is 2. The summed E-state index contributed by atoms with van der Waals surface area (Å²) in [5, 5.41) is 26.0. The molecule has 0 unspecified atom stereocenters. The molecule has 0 bridgehead atoms. The summed E-state index contributed by atoms with van der Waals surface area (Å²) < 4.78 is 0. The number of carbonyl (C=O) groups excluding carboxylic acids is 1. The molecule has 2 aromatic rings. The van der Waals surface area contributed by atoms with Gasteiger partial charge in [-0.1, -0.05) is 47.8 Å². The Morgan fingerprint density at radius 3 is 2.10 bits per heavy atom. The molecule has 1 amide bonds. The third-order valence-electron chi connectivity index (χ3n) is 4.25. The lowest BCUT2D eigenvalue weighted by Crippen LogP contribution is -2.18. The van der Waals surface area contributed by atoms with Gasteiger partial charge in [-0.2, -0.15) is 0 Å². The van der Waals surface area contributed by atoms with Crippen LogP contribution in [-0.4, -0.2) is 51.8 Å². The van der Waals surface area contributed by atoms with E-state index in [0.29, 0.717) is 11.6 Å². The minimum atomic E-state index is -0.0402. The topological polar surface area (TPSA) is 95.9 Å². The summed E-state index contributed by atoms with van der Waals surface area (Å²) >= 11 is 3.01. The van der Waals surface area contributed by atoms with Crippen molar-refractivity contribution in [3.8, 4) is 0 Å². The number of anilines is 2. The van der Waals surface area contributed by atoms with Gasteiger partial charge in [0.15, 0.2) is 0 Å². The molecule has 0 radical (unpaired) electrons. The second kappa shape index (κ2) is 12.5. The number of allylic oxidation sites excluding steroid dienone is 1. The van der Waals surface area contributed by atoms with Crippen molar-refractivity contribution in [3.05, 3.63) is 33.9 Å². The summed E-state index contributed by atoms with van der Waals surface area (Å²) in [6.45, 7) is 8.76. The first-order chi connectivity index (χ1) is 14.4. The second-order valence-electron chi connectivity index (χ2n) is 7.20. The number of carbonyl (C=O) groups is 1. The van der Waals surface area contributed by atoms with E-state index in [0.717, 1.165) is 65.1 Å². The summed E-state index contributed by atoms with van der Waals surface area (Å²) in [7, 11) is 4.00. The highest BCUT2D eigenvalue weighted by molar-refractivity contribution is 7.15. The van der Waals surface area contributed by atoms with Gasteiger partial charge >= 0.3 is 0 Å². The third-order valence-corrected chi connectivity index (χ3v) is 6.05. The molecule has 0 fully saturated rings. The van der Waals surface area contributed by atoms with E-state index in [1.54, 1.807) is 11.3 Å². The molecular weight excluding hydrogens is 418 g/mol. The summed E-state index contributed by atoms with van der Waals surface area (Å²) in [6.07, 6.45) is 6.97. The first kappa shape index (κ1) is 24.1. The Balaban J connectivity index is 1.69. The van der Waals surface area contributed by atoms with Crippen molar-refractivity contribution in [2.75, 3.05) is 31.3 Å². The maximum absolute atomic E-state index is 12.1. The van der Waals surface area contributed by atoms with Gasteiger partial charge in [-0.15, -0.1) is 20.4 Å². The van der Waals surface area contributed by atoms with E-state index in [1.165, 1.54) is 11.3 Å². The average Bonchev–Trinajstić information content (AvgIpc) is 3.32. The van der Waals surface area contributed by atoms with Gasteiger partial charge in [-0.25, -0.2) is 0 Å². The highest BCUT2D eigenvalue weighted by atomic mass is 32.1. The first-order valence-corrected chi connectivity index (χ1v) is 11.7. The molecule has 10 heteroatoms. The van der Waals surface area contributed by atoms with Crippen LogP contribution in [0.25, 0.3) is 0 Å². The normalized spacial score (nSPS) is 11.7. The van der Waals surface area contributed by atoms with E-state index >= 15 is 0 Å². The van der Waals surface area contributed by atoms with Gasteiger partial charge in [0.05, 0.1) is 0 Å². The fourth-order valence-corrected chi connectivity index (χ4v) is 4.36. The van der Waals surface area contributed by atoms with Crippen molar-refractivity contribution in [3.63, 3.8) is 0 Å². The molecule has 0 saturated heterocycles. The number of aromatic nitrogens is 4. The van der Waals surface area contributed by atoms with Crippen molar-refractivity contribution in [2.24, 2.45) is 0 Å². The highest BCUT2D eigenvalue weighted by Crippen LogP contribution is 2.21. The van der Waals surface area contributed by atoms with Crippen LogP contribution < -0.4 is 10.6 Å². The molecule has 0 aromatic carbocycles.